The molecule has 1 aliphatic rings. The fourth-order valence-electron chi connectivity index (χ4n) is 2.97. The number of nitrogens with one attached hydrogen (secondary N) is 1. The first-order valence-corrected chi connectivity index (χ1v) is 8.70. The molecule has 1 amide bonds. The normalized spacial score (nSPS) is 15.3. The average Bonchev–Trinajstić information content (AvgIpc) is 2.63. The number of phenols is 1. The molecule has 6 nitrogen and oxygen atoms in total. The second-order valence-electron chi connectivity index (χ2n) is 6.40. The Labute approximate surface area is 160 Å². The van der Waals surface area contributed by atoms with Crippen LogP contribution >= 0.6 is 0 Å². The van der Waals surface area contributed by atoms with Crippen LogP contribution in [0.1, 0.15) is 0 Å². The van der Waals surface area contributed by atoms with Crippen LogP contribution in [-0.2, 0) is 4.79 Å². The summed E-state index contributed by atoms with van der Waals surface area (Å²) < 4.78 is 40.3. The summed E-state index contributed by atoms with van der Waals surface area (Å²) in [5.74, 6) is -0.351. The molecule has 2 aromatic carbocycles. The van der Waals surface area contributed by atoms with Crippen LogP contribution < -0.4 is 15.0 Å². The fraction of sp³-hybridized carbons (Fsp3) is 0.316. The zero-order chi connectivity index (χ0) is 20.1. The van der Waals surface area contributed by atoms with Gasteiger partial charge in [-0.15, -0.1) is 13.2 Å². The summed E-state index contributed by atoms with van der Waals surface area (Å²) in [7, 11) is 0. The third kappa shape index (κ3) is 5.78. The van der Waals surface area contributed by atoms with Gasteiger partial charge in [-0.1, -0.05) is 0 Å². The topological polar surface area (TPSA) is 65.0 Å². The number of phenolic OH excluding ortho intramolecular Hbond substituents is 1. The number of hydrogen-bond donors (Lipinski definition) is 2. The molecule has 0 unspecified atom stereocenters. The van der Waals surface area contributed by atoms with Crippen LogP contribution in [-0.4, -0.2) is 55.0 Å². The van der Waals surface area contributed by atoms with Crippen LogP contribution in [0.2, 0.25) is 0 Å². The van der Waals surface area contributed by atoms with E-state index in [1.807, 2.05) is 17.0 Å². The number of hydrogen-bond acceptors (Lipinski definition) is 5. The van der Waals surface area contributed by atoms with Gasteiger partial charge in [0.15, 0.2) is 0 Å². The van der Waals surface area contributed by atoms with E-state index in [1.54, 1.807) is 12.1 Å². The summed E-state index contributed by atoms with van der Waals surface area (Å²) in [6, 6.07) is 12.0. The number of carbonyl (C=O) groups excluding carboxylic acids is 1. The predicted molar refractivity (Wildman–Crippen MR) is 98.5 cm³/mol. The van der Waals surface area contributed by atoms with E-state index in [4.69, 9.17) is 0 Å². The van der Waals surface area contributed by atoms with Crippen LogP contribution in [0.15, 0.2) is 48.5 Å². The van der Waals surface area contributed by atoms with Gasteiger partial charge in [0, 0.05) is 37.6 Å². The Morgan fingerprint density at radius 2 is 1.61 bits per heavy atom. The number of halogens is 3. The summed E-state index contributed by atoms with van der Waals surface area (Å²) in [5.41, 5.74) is 1.42. The molecule has 0 spiro atoms. The molecule has 2 N–H and O–H groups in total. The van der Waals surface area contributed by atoms with Crippen LogP contribution in [0, 0.1) is 0 Å². The molecule has 2 aromatic rings. The molecule has 9 heteroatoms. The molecule has 1 saturated heterocycles. The van der Waals surface area contributed by atoms with Gasteiger partial charge in [-0.25, -0.2) is 0 Å². The van der Waals surface area contributed by atoms with Gasteiger partial charge < -0.3 is 20.1 Å². The molecule has 0 saturated carbocycles. The molecule has 3 rings (SSSR count). The lowest BCUT2D eigenvalue weighted by atomic mass is 10.2. The van der Waals surface area contributed by atoms with E-state index < -0.39 is 6.36 Å². The van der Waals surface area contributed by atoms with E-state index in [-0.39, 0.29) is 24.0 Å². The molecule has 150 valence electrons. The van der Waals surface area contributed by atoms with Crippen molar-refractivity contribution in [3.8, 4) is 11.5 Å². The maximum Gasteiger partial charge on any atom is 0.573 e. The maximum atomic E-state index is 12.2. The van der Waals surface area contributed by atoms with E-state index in [2.05, 4.69) is 15.0 Å². The number of amides is 1. The highest BCUT2D eigenvalue weighted by molar-refractivity contribution is 5.92. The zero-order valence-corrected chi connectivity index (χ0v) is 14.9. The molecule has 0 aromatic heterocycles. The van der Waals surface area contributed by atoms with Crippen molar-refractivity contribution in [3.63, 3.8) is 0 Å². The van der Waals surface area contributed by atoms with Gasteiger partial charge in [-0.3, -0.25) is 9.69 Å². The summed E-state index contributed by atoms with van der Waals surface area (Å²) in [6.45, 7) is 3.10. The zero-order valence-electron chi connectivity index (χ0n) is 14.9. The molecule has 28 heavy (non-hydrogen) atoms. The highest BCUT2D eigenvalue weighted by atomic mass is 19.4. The first-order valence-electron chi connectivity index (χ1n) is 8.70. The molecule has 1 fully saturated rings. The number of benzene rings is 2. The van der Waals surface area contributed by atoms with Crippen molar-refractivity contribution in [3.05, 3.63) is 48.5 Å². The van der Waals surface area contributed by atoms with Crippen LogP contribution in [0.4, 0.5) is 24.5 Å². The highest BCUT2D eigenvalue weighted by Gasteiger charge is 2.31. The second kappa shape index (κ2) is 8.39. The number of aromatic hydroxyl groups is 1. The van der Waals surface area contributed by atoms with Crippen molar-refractivity contribution < 1.29 is 27.8 Å². The van der Waals surface area contributed by atoms with Gasteiger partial charge in [0.25, 0.3) is 0 Å². The SMILES string of the molecule is O=C(CN1CCN(c2ccc(O)cc2)CC1)Nc1ccc(OC(F)(F)F)cc1. The van der Waals surface area contributed by atoms with Crippen molar-refractivity contribution >= 4 is 17.3 Å². The Morgan fingerprint density at radius 1 is 1.00 bits per heavy atom. The summed E-state index contributed by atoms with van der Waals surface area (Å²) >= 11 is 0. The third-order valence-corrected chi connectivity index (χ3v) is 4.33. The minimum Gasteiger partial charge on any atom is -0.508 e. The summed E-state index contributed by atoms with van der Waals surface area (Å²) in [5, 5.41) is 12.0. The van der Waals surface area contributed by atoms with Gasteiger partial charge in [-0.2, -0.15) is 0 Å². The lowest BCUT2D eigenvalue weighted by Crippen LogP contribution is -2.48. The highest BCUT2D eigenvalue weighted by Crippen LogP contribution is 2.24. The van der Waals surface area contributed by atoms with Crippen LogP contribution in [0.25, 0.3) is 0 Å². The molecule has 0 atom stereocenters. The van der Waals surface area contributed by atoms with E-state index >= 15 is 0 Å². The van der Waals surface area contributed by atoms with E-state index in [1.165, 1.54) is 12.1 Å². The van der Waals surface area contributed by atoms with E-state index in [0.717, 1.165) is 30.9 Å². The van der Waals surface area contributed by atoms with Crippen LogP contribution in [0.3, 0.4) is 0 Å². The Hall–Kier alpha value is -2.94. The van der Waals surface area contributed by atoms with Crippen molar-refractivity contribution in [1.29, 1.82) is 0 Å². The number of carbonyl (C=O) groups is 1. The summed E-state index contributed by atoms with van der Waals surface area (Å²) in [4.78, 5) is 16.4. The van der Waals surface area contributed by atoms with Crippen molar-refractivity contribution in [2.45, 2.75) is 6.36 Å². The number of piperazine rings is 1. The molecular weight excluding hydrogens is 375 g/mol. The number of rotatable bonds is 5. The van der Waals surface area contributed by atoms with Gasteiger partial charge in [0.05, 0.1) is 6.54 Å². The number of ether oxygens (including phenoxy) is 1. The first-order chi connectivity index (χ1) is 13.3. The summed E-state index contributed by atoms with van der Waals surface area (Å²) in [6.07, 6.45) is -4.74. The van der Waals surface area contributed by atoms with Crippen molar-refractivity contribution in [2.75, 3.05) is 42.9 Å². The smallest absolute Gasteiger partial charge is 0.508 e. The number of alkyl halides is 3. The largest absolute Gasteiger partial charge is 0.573 e. The minimum atomic E-state index is -4.74. The number of nitrogens with zero attached hydrogens (tertiary/aromatic N) is 2. The Morgan fingerprint density at radius 3 is 2.18 bits per heavy atom. The van der Waals surface area contributed by atoms with Crippen molar-refractivity contribution in [1.82, 2.24) is 4.90 Å². The van der Waals surface area contributed by atoms with Crippen LogP contribution in [0.5, 0.6) is 11.5 Å². The van der Waals surface area contributed by atoms with Gasteiger partial charge in [-0.05, 0) is 48.5 Å². The third-order valence-electron chi connectivity index (χ3n) is 4.33. The van der Waals surface area contributed by atoms with Gasteiger partial charge >= 0.3 is 6.36 Å². The molecule has 0 radical (unpaired) electrons. The fourth-order valence-corrected chi connectivity index (χ4v) is 2.97. The second-order valence-corrected chi connectivity index (χ2v) is 6.40. The molecule has 0 aliphatic carbocycles. The minimum absolute atomic E-state index is 0.199. The Bertz CT molecular complexity index is 787. The van der Waals surface area contributed by atoms with Gasteiger partial charge in [0.1, 0.15) is 11.5 Å². The average molecular weight is 395 g/mol. The quantitative estimate of drug-likeness (QED) is 0.815. The van der Waals surface area contributed by atoms with Gasteiger partial charge in [0.2, 0.25) is 5.91 Å². The Balaban J connectivity index is 1.45. The standard InChI is InChI=1S/C19H20F3N3O3/c20-19(21,22)28-17-7-1-14(2-8-17)23-18(27)13-24-9-11-25(12-10-24)15-3-5-16(26)6-4-15/h1-8,26H,9-13H2,(H,23,27). The maximum absolute atomic E-state index is 12.2. The Kier molecular flexibility index (Phi) is 5.93. The monoisotopic (exact) mass is 395 g/mol. The van der Waals surface area contributed by atoms with Crippen molar-refractivity contribution in [2.24, 2.45) is 0 Å². The molecule has 1 heterocycles. The lowest BCUT2D eigenvalue weighted by molar-refractivity contribution is -0.274. The lowest BCUT2D eigenvalue weighted by Gasteiger charge is -2.35. The predicted octanol–water partition coefficient (Wildman–Crippen LogP) is 3.05. The molecule has 0 bridgehead atoms. The molecule has 1 aliphatic heterocycles. The first kappa shape index (κ1) is 19.8. The van der Waals surface area contributed by atoms with E-state index in [0.29, 0.717) is 18.8 Å². The van der Waals surface area contributed by atoms with E-state index in [9.17, 15) is 23.1 Å². The number of anilines is 2. The molecular formula is C19H20F3N3O3.